The van der Waals surface area contributed by atoms with Crippen molar-refractivity contribution in [2.75, 3.05) is 18.5 Å². The number of likely N-dealkylation sites (N-methyl/N-ethyl adjacent to an activating group) is 1. The summed E-state index contributed by atoms with van der Waals surface area (Å²) in [5.41, 5.74) is 5.14. The van der Waals surface area contributed by atoms with Gasteiger partial charge >= 0.3 is 6.03 Å². The van der Waals surface area contributed by atoms with Gasteiger partial charge in [0.05, 0.1) is 23.9 Å². The first-order chi connectivity index (χ1) is 12.9. The van der Waals surface area contributed by atoms with Crippen LogP contribution in [0.1, 0.15) is 22.7 Å². The summed E-state index contributed by atoms with van der Waals surface area (Å²) in [6.07, 6.45) is 0. The van der Waals surface area contributed by atoms with Crippen LogP contribution >= 0.6 is 0 Å². The predicted octanol–water partition coefficient (Wildman–Crippen LogP) is 3.01. The molecule has 0 bridgehead atoms. The summed E-state index contributed by atoms with van der Waals surface area (Å²) in [6.45, 7) is 4.41. The SMILES string of the molecule is Cc1ccc(N2CC3=C(C2=O)C(c2ccc(O)cc2)NC(=O)N3C)cc1C. The Morgan fingerprint density at radius 3 is 2.41 bits per heavy atom. The van der Waals surface area contributed by atoms with Gasteiger partial charge in [-0.15, -0.1) is 0 Å². The van der Waals surface area contributed by atoms with Gasteiger partial charge in [-0.05, 0) is 54.8 Å². The minimum absolute atomic E-state index is 0.113. The highest BCUT2D eigenvalue weighted by Gasteiger charge is 2.43. The number of benzene rings is 2. The number of rotatable bonds is 2. The van der Waals surface area contributed by atoms with Gasteiger partial charge in [0.15, 0.2) is 0 Å². The van der Waals surface area contributed by atoms with E-state index in [1.54, 1.807) is 36.2 Å². The van der Waals surface area contributed by atoms with E-state index in [9.17, 15) is 14.7 Å². The Morgan fingerprint density at radius 2 is 1.74 bits per heavy atom. The maximum absolute atomic E-state index is 13.3. The van der Waals surface area contributed by atoms with Crippen molar-refractivity contribution in [1.82, 2.24) is 10.2 Å². The summed E-state index contributed by atoms with van der Waals surface area (Å²) >= 11 is 0. The monoisotopic (exact) mass is 363 g/mol. The average Bonchev–Trinajstić information content (AvgIpc) is 2.99. The van der Waals surface area contributed by atoms with E-state index in [0.717, 1.165) is 16.8 Å². The molecule has 2 N–H and O–H groups in total. The second kappa shape index (κ2) is 6.16. The molecule has 2 aromatic carbocycles. The normalized spacial score (nSPS) is 19.4. The Balaban J connectivity index is 1.76. The van der Waals surface area contributed by atoms with E-state index in [-0.39, 0.29) is 17.7 Å². The van der Waals surface area contributed by atoms with E-state index in [4.69, 9.17) is 0 Å². The van der Waals surface area contributed by atoms with E-state index in [1.807, 2.05) is 32.0 Å². The molecule has 4 rings (SSSR count). The van der Waals surface area contributed by atoms with Crippen molar-refractivity contribution < 1.29 is 14.7 Å². The number of anilines is 1. The van der Waals surface area contributed by atoms with Gasteiger partial charge in [-0.2, -0.15) is 0 Å². The summed E-state index contributed by atoms with van der Waals surface area (Å²) in [4.78, 5) is 28.9. The molecule has 2 aliphatic heterocycles. The molecule has 0 aliphatic carbocycles. The Bertz CT molecular complexity index is 979. The van der Waals surface area contributed by atoms with Crippen LogP contribution in [0.15, 0.2) is 53.7 Å². The highest BCUT2D eigenvalue weighted by Crippen LogP contribution is 2.38. The van der Waals surface area contributed by atoms with Gasteiger partial charge in [-0.1, -0.05) is 18.2 Å². The first-order valence-corrected chi connectivity index (χ1v) is 8.82. The van der Waals surface area contributed by atoms with Gasteiger partial charge in [0.25, 0.3) is 5.91 Å². The van der Waals surface area contributed by atoms with Crippen molar-refractivity contribution in [2.45, 2.75) is 19.9 Å². The quantitative estimate of drug-likeness (QED) is 0.861. The van der Waals surface area contributed by atoms with Crippen molar-refractivity contribution in [2.24, 2.45) is 0 Å². The number of hydrogen-bond donors (Lipinski definition) is 2. The molecule has 6 nitrogen and oxygen atoms in total. The van der Waals surface area contributed by atoms with Crippen molar-refractivity contribution in [3.63, 3.8) is 0 Å². The number of carbonyl (C=O) groups excluding carboxylic acids is 2. The van der Waals surface area contributed by atoms with Crippen LogP contribution in [-0.4, -0.2) is 35.5 Å². The smallest absolute Gasteiger partial charge is 0.322 e. The average molecular weight is 363 g/mol. The molecule has 27 heavy (non-hydrogen) atoms. The third-order valence-electron chi connectivity index (χ3n) is 5.39. The van der Waals surface area contributed by atoms with Crippen molar-refractivity contribution in [3.8, 4) is 5.75 Å². The van der Waals surface area contributed by atoms with Crippen LogP contribution in [0.2, 0.25) is 0 Å². The van der Waals surface area contributed by atoms with Crippen LogP contribution in [0.5, 0.6) is 5.75 Å². The lowest BCUT2D eigenvalue weighted by molar-refractivity contribution is -0.114. The summed E-state index contributed by atoms with van der Waals surface area (Å²) in [5.74, 6) is 0.0277. The third kappa shape index (κ3) is 2.73. The van der Waals surface area contributed by atoms with E-state index in [2.05, 4.69) is 5.32 Å². The Labute approximate surface area is 157 Å². The molecule has 3 amide bonds. The summed E-state index contributed by atoms with van der Waals surface area (Å²) < 4.78 is 0. The maximum Gasteiger partial charge on any atom is 0.322 e. The molecule has 2 aromatic rings. The molecule has 0 saturated heterocycles. The number of hydrogen-bond acceptors (Lipinski definition) is 3. The molecule has 0 radical (unpaired) electrons. The van der Waals surface area contributed by atoms with Gasteiger partial charge in [-0.25, -0.2) is 4.79 Å². The summed E-state index contributed by atoms with van der Waals surface area (Å²) in [6, 6.07) is 11.7. The third-order valence-corrected chi connectivity index (χ3v) is 5.39. The summed E-state index contributed by atoms with van der Waals surface area (Å²) in [5, 5.41) is 12.4. The lowest BCUT2D eigenvalue weighted by Gasteiger charge is -2.31. The first kappa shape index (κ1) is 17.1. The van der Waals surface area contributed by atoms with Gasteiger partial charge in [0.1, 0.15) is 5.75 Å². The maximum atomic E-state index is 13.3. The number of aromatic hydroxyl groups is 1. The minimum Gasteiger partial charge on any atom is -0.508 e. The highest BCUT2D eigenvalue weighted by molar-refractivity contribution is 6.11. The topological polar surface area (TPSA) is 72.9 Å². The highest BCUT2D eigenvalue weighted by atomic mass is 16.3. The number of phenolic OH excluding ortho intramolecular Hbond substituents is 1. The van der Waals surface area contributed by atoms with Gasteiger partial charge in [0.2, 0.25) is 0 Å². The largest absolute Gasteiger partial charge is 0.508 e. The second-order valence-corrected chi connectivity index (χ2v) is 7.05. The fraction of sp³-hybridized carbons (Fsp3) is 0.238. The van der Waals surface area contributed by atoms with Crippen LogP contribution < -0.4 is 10.2 Å². The van der Waals surface area contributed by atoms with Gasteiger partial charge in [0, 0.05) is 12.7 Å². The number of nitrogens with one attached hydrogen (secondary N) is 1. The number of amides is 3. The minimum atomic E-state index is -0.534. The molecule has 138 valence electrons. The lowest BCUT2D eigenvalue weighted by atomic mass is 9.95. The summed E-state index contributed by atoms with van der Waals surface area (Å²) in [7, 11) is 1.68. The van der Waals surface area contributed by atoms with E-state index in [0.29, 0.717) is 17.8 Å². The fourth-order valence-electron chi connectivity index (χ4n) is 3.59. The van der Waals surface area contributed by atoms with Crippen LogP contribution in [0.4, 0.5) is 10.5 Å². The zero-order chi connectivity index (χ0) is 19.3. The van der Waals surface area contributed by atoms with Crippen molar-refractivity contribution in [1.29, 1.82) is 0 Å². The van der Waals surface area contributed by atoms with Crippen molar-refractivity contribution in [3.05, 3.63) is 70.4 Å². The predicted molar refractivity (Wildman–Crippen MR) is 102 cm³/mol. The van der Waals surface area contributed by atoms with E-state index >= 15 is 0 Å². The zero-order valence-electron chi connectivity index (χ0n) is 15.5. The molecule has 6 heteroatoms. The molecule has 0 fully saturated rings. The molecule has 1 atom stereocenters. The van der Waals surface area contributed by atoms with Crippen LogP contribution in [-0.2, 0) is 4.79 Å². The van der Waals surface area contributed by atoms with Crippen LogP contribution in [0.3, 0.4) is 0 Å². The van der Waals surface area contributed by atoms with Crippen molar-refractivity contribution >= 4 is 17.6 Å². The molecule has 2 heterocycles. The molecule has 0 saturated carbocycles. The second-order valence-electron chi connectivity index (χ2n) is 7.05. The molecule has 2 aliphatic rings. The lowest BCUT2D eigenvalue weighted by Crippen LogP contribution is -2.45. The molecule has 0 aromatic heterocycles. The Kier molecular flexibility index (Phi) is 3.91. The Hall–Kier alpha value is -3.28. The first-order valence-electron chi connectivity index (χ1n) is 8.82. The Morgan fingerprint density at radius 1 is 1.04 bits per heavy atom. The standard InChI is InChI=1S/C21H21N3O3/c1-12-4-7-15(10-13(12)2)24-11-17-18(20(24)26)19(22-21(27)23(17)3)14-5-8-16(25)9-6-14/h4-10,19,25H,11H2,1-3H3,(H,22,27). The van der Waals surface area contributed by atoms with E-state index in [1.165, 1.54) is 10.5 Å². The molecular formula is C21H21N3O3. The fourth-order valence-corrected chi connectivity index (χ4v) is 3.59. The van der Waals surface area contributed by atoms with Gasteiger partial charge < -0.3 is 15.3 Å². The molecule has 1 unspecified atom stereocenters. The molecule has 0 spiro atoms. The number of urea groups is 1. The number of carbonyl (C=O) groups is 2. The molecular weight excluding hydrogens is 342 g/mol. The van der Waals surface area contributed by atoms with E-state index < -0.39 is 6.04 Å². The van der Waals surface area contributed by atoms with Gasteiger partial charge in [-0.3, -0.25) is 9.69 Å². The number of aryl methyl sites for hydroxylation is 2. The van der Waals surface area contributed by atoms with Crippen LogP contribution in [0, 0.1) is 13.8 Å². The van der Waals surface area contributed by atoms with Crippen LogP contribution in [0.25, 0.3) is 0 Å². The number of nitrogens with zero attached hydrogens (tertiary/aromatic N) is 2. The zero-order valence-corrected chi connectivity index (χ0v) is 15.5. The number of phenols is 1.